The lowest BCUT2D eigenvalue weighted by atomic mass is 9.99. The van der Waals surface area contributed by atoms with Crippen LogP contribution in [0.5, 0.6) is 0 Å². The smallest absolute Gasteiger partial charge is 0.258 e. The van der Waals surface area contributed by atoms with E-state index < -0.39 is 0 Å². The lowest BCUT2D eigenvalue weighted by Crippen LogP contribution is -2.32. The number of hydrogen-bond donors (Lipinski definition) is 2. The van der Waals surface area contributed by atoms with Crippen molar-refractivity contribution in [3.8, 4) is 0 Å². The minimum atomic E-state index is -0.211. The molecule has 0 unspecified atom stereocenters. The predicted octanol–water partition coefficient (Wildman–Crippen LogP) is 4.18. The van der Waals surface area contributed by atoms with E-state index in [1.54, 1.807) is 12.4 Å². The lowest BCUT2D eigenvalue weighted by molar-refractivity contribution is 0.102. The summed E-state index contributed by atoms with van der Waals surface area (Å²) in [5.41, 5.74) is 2.29. The number of carbonyl (C=O) groups is 1. The van der Waals surface area contributed by atoms with E-state index in [4.69, 9.17) is 0 Å². The molecule has 6 heteroatoms. The molecule has 1 aliphatic rings. The van der Waals surface area contributed by atoms with Gasteiger partial charge in [0.25, 0.3) is 5.91 Å². The van der Waals surface area contributed by atoms with Crippen LogP contribution in [-0.4, -0.2) is 34.5 Å². The van der Waals surface area contributed by atoms with Crippen LogP contribution in [0.4, 0.5) is 17.3 Å². The summed E-state index contributed by atoms with van der Waals surface area (Å²) in [5.74, 6) is 1.11. The van der Waals surface area contributed by atoms with E-state index in [2.05, 4.69) is 44.6 Å². The zero-order valence-electron chi connectivity index (χ0n) is 16.6. The Labute approximate surface area is 161 Å². The highest BCUT2D eigenvalue weighted by molar-refractivity contribution is 6.03. The molecule has 0 saturated carbocycles. The third kappa shape index (κ3) is 5.42. The molecule has 0 bridgehead atoms. The summed E-state index contributed by atoms with van der Waals surface area (Å²) in [4.78, 5) is 23.3. The van der Waals surface area contributed by atoms with Crippen molar-refractivity contribution in [2.75, 3.05) is 28.6 Å². The molecule has 1 saturated heterocycles. The molecular formula is C21H29N5O. The SMILES string of the molecule is CC1CCN(c2ccc(NC(=O)c3cnc(NC(C)(C)C)nc3)cc2)CC1. The zero-order valence-corrected chi connectivity index (χ0v) is 16.6. The fourth-order valence-corrected chi connectivity index (χ4v) is 3.07. The molecule has 1 aliphatic heterocycles. The van der Waals surface area contributed by atoms with Crippen LogP contribution in [0.3, 0.4) is 0 Å². The number of hydrogen-bond acceptors (Lipinski definition) is 5. The minimum Gasteiger partial charge on any atom is -0.372 e. The van der Waals surface area contributed by atoms with Crippen LogP contribution >= 0.6 is 0 Å². The number of aromatic nitrogens is 2. The van der Waals surface area contributed by atoms with Gasteiger partial charge in [-0.25, -0.2) is 9.97 Å². The van der Waals surface area contributed by atoms with E-state index in [1.807, 2.05) is 32.9 Å². The van der Waals surface area contributed by atoms with E-state index in [0.717, 1.165) is 24.7 Å². The number of rotatable bonds is 4. The molecule has 3 rings (SSSR count). The van der Waals surface area contributed by atoms with Crippen molar-refractivity contribution >= 4 is 23.2 Å². The predicted molar refractivity (Wildman–Crippen MR) is 110 cm³/mol. The van der Waals surface area contributed by atoms with Crippen LogP contribution in [0, 0.1) is 5.92 Å². The summed E-state index contributed by atoms with van der Waals surface area (Å²) in [6.07, 6.45) is 5.55. The summed E-state index contributed by atoms with van der Waals surface area (Å²) in [6.45, 7) is 10.6. The average molecular weight is 367 g/mol. The van der Waals surface area contributed by atoms with Crippen molar-refractivity contribution in [3.05, 3.63) is 42.2 Å². The van der Waals surface area contributed by atoms with Gasteiger partial charge in [-0.05, 0) is 63.8 Å². The second-order valence-electron chi connectivity index (χ2n) is 8.34. The first-order valence-electron chi connectivity index (χ1n) is 9.57. The van der Waals surface area contributed by atoms with Crippen molar-refractivity contribution in [2.45, 2.75) is 46.1 Å². The molecule has 0 aliphatic carbocycles. The number of piperidine rings is 1. The maximum absolute atomic E-state index is 12.4. The lowest BCUT2D eigenvalue weighted by Gasteiger charge is -2.32. The minimum absolute atomic E-state index is 0.127. The molecule has 1 aromatic carbocycles. The quantitative estimate of drug-likeness (QED) is 0.848. The van der Waals surface area contributed by atoms with Gasteiger partial charge in [-0.15, -0.1) is 0 Å². The number of carbonyl (C=O) groups excluding carboxylic acids is 1. The monoisotopic (exact) mass is 367 g/mol. The Bertz CT molecular complexity index is 757. The molecule has 0 radical (unpaired) electrons. The number of anilines is 3. The van der Waals surface area contributed by atoms with Gasteiger partial charge >= 0.3 is 0 Å². The van der Waals surface area contributed by atoms with Gasteiger partial charge in [0.1, 0.15) is 0 Å². The number of benzene rings is 1. The summed E-state index contributed by atoms with van der Waals surface area (Å²) in [5, 5.41) is 6.08. The van der Waals surface area contributed by atoms with Gasteiger partial charge in [0.2, 0.25) is 5.95 Å². The second-order valence-corrected chi connectivity index (χ2v) is 8.34. The van der Waals surface area contributed by atoms with Gasteiger partial charge < -0.3 is 15.5 Å². The molecule has 2 heterocycles. The molecule has 1 aromatic heterocycles. The molecule has 2 N–H and O–H groups in total. The zero-order chi connectivity index (χ0) is 19.4. The Morgan fingerprint density at radius 3 is 2.22 bits per heavy atom. The molecule has 0 spiro atoms. The van der Waals surface area contributed by atoms with Gasteiger partial charge in [-0.2, -0.15) is 0 Å². The molecule has 1 fully saturated rings. The van der Waals surface area contributed by atoms with Crippen molar-refractivity contribution in [1.82, 2.24) is 9.97 Å². The molecule has 144 valence electrons. The maximum Gasteiger partial charge on any atom is 0.258 e. The van der Waals surface area contributed by atoms with Crippen LogP contribution < -0.4 is 15.5 Å². The molecule has 2 aromatic rings. The van der Waals surface area contributed by atoms with Gasteiger partial charge in [0, 0.05) is 42.4 Å². The Kier molecular flexibility index (Phi) is 5.63. The average Bonchev–Trinajstić information content (AvgIpc) is 2.62. The van der Waals surface area contributed by atoms with Crippen LogP contribution in [0.15, 0.2) is 36.7 Å². The first kappa shape index (κ1) is 19.1. The van der Waals surface area contributed by atoms with Crippen molar-refractivity contribution < 1.29 is 4.79 Å². The normalized spacial score (nSPS) is 15.5. The highest BCUT2D eigenvalue weighted by Crippen LogP contribution is 2.24. The number of amides is 1. The summed E-state index contributed by atoms with van der Waals surface area (Å²) in [6, 6.07) is 8.03. The molecule has 6 nitrogen and oxygen atoms in total. The fourth-order valence-electron chi connectivity index (χ4n) is 3.07. The van der Waals surface area contributed by atoms with E-state index in [9.17, 15) is 4.79 Å². The molecule has 1 amide bonds. The highest BCUT2D eigenvalue weighted by Gasteiger charge is 2.16. The standard InChI is InChI=1S/C21H29N5O/c1-15-9-11-26(12-10-15)18-7-5-17(6-8-18)24-19(27)16-13-22-20(23-14-16)25-21(2,3)4/h5-8,13-15H,9-12H2,1-4H3,(H,24,27)(H,22,23,25). The Morgan fingerprint density at radius 1 is 1.07 bits per heavy atom. The van der Waals surface area contributed by atoms with E-state index in [0.29, 0.717) is 11.5 Å². The number of nitrogens with one attached hydrogen (secondary N) is 2. The van der Waals surface area contributed by atoms with Gasteiger partial charge in [0.05, 0.1) is 5.56 Å². The summed E-state index contributed by atoms with van der Waals surface area (Å²) < 4.78 is 0. The van der Waals surface area contributed by atoms with E-state index in [-0.39, 0.29) is 11.4 Å². The summed E-state index contributed by atoms with van der Waals surface area (Å²) >= 11 is 0. The molecule has 0 atom stereocenters. The van der Waals surface area contributed by atoms with Crippen LogP contribution in [-0.2, 0) is 0 Å². The van der Waals surface area contributed by atoms with E-state index in [1.165, 1.54) is 18.5 Å². The number of nitrogens with zero attached hydrogens (tertiary/aromatic N) is 3. The maximum atomic E-state index is 12.4. The van der Waals surface area contributed by atoms with E-state index >= 15 is 0 Å². The first-order valence-corrected chi connectivity index (χ1v) is 9.57. The van der Waals surface area contributed by atoms with Gasteiger partial charge in [-0.3, -0.25) is 4.79 Å². The largest absolute Gasteiger partial charge is 0.372 e. The Balaban J connectivity index is 1.59. The van der Waals surface area contributed by atoms with Crippen molar-refractivity contribution in [3.63, 3.8) is 0 Å². The van der Waals surface area contributed by atoms with Crippen LogP contribution in [0.1, 0.15) is 50.9 Å². The summed E-state index contributed by atoms with van der Waals surface area (Å²) in [7, 11) is 0. The van der Waals surface area contributed by atoms with Crippen LogP contribution in [0.25, 0.3) is 0 Å². The third-order valence-electron chi connectivity index (χ3n) is 4.67. The molecular weight excluding hydrogens is 338 g/mol. The second kappa shape index (κ2) is 7.94. The van der Waals surface area contributed by atoms with Gasteiger partial charge in [-0.1, -0.05) is 6.92 Å². The van der Waals surface area contributed by atoms with Crippen LogP contribution in [0.2, 0.25) is 0 Å². The van der Waals surface area contributed by atoms with Crippen molar-refractivity contribution in [2.24, 2.45) is 5.92 Å². The van der Waals surface area contributed by atoms with Gasteiger partial charge in [0.15, 0.2) is 0 Å². The topological polar surface area (TPSA) is 70.2 Å². The third-order valence-corrected chi connectivity index (χ3v) is 4.67. The Hall–Kier alpha value is -2.63. The molecule has 27 heavy (non-hydrogen) atoms. The first-order chi connectivity index (χ1) is 12.8. The fraction of sp³-hybridized carbons (Fsp3) is 0.476. The van der Waals surface area contributed by atoms with Crippen molar-refractivity contribution in [1.29, 1.82) is 0 Å². The highest BCUT2D eigenvalue weighted by atomic mass is 16.1. The Morgan fingerprint density at radius 2 is 1.67 bits per heavy atom.